The molecular weight excluding hydrogens is 249 g/mol. The van der Waals surface area contributed by atoms with Crippen LogP contribution in [0.3, 0.4) is 0 Å². The predicted octanol–water partition coefficient (Wildman–Crippen LogP) is 3.32. The van der Waals surface area contributed by atoms with E-state index in [1.54, 1.807) is 35.7 Å². The minimum Gasteiger partial charge on any atom is -0.396 e. The molecule has 0 aliphatic heterocycles. The van der Waals surface area contributed by atoms with Gasteiger partial charge in [0.15, 0.2) is 0 Å². The van der Waals surface area contributed by atoms with Gasteiger partial charge in [0.1, 0.15) is 17.2 Å². The maximum atomic E-state index is 13.7. The van der Waals surface area contributed by atoms with Crippen molar-refractivity contribution >= 4 is 17.0 Å². The Balaban J connectivity index is 2.11. The summed E-state index contributed by atoms with van der Waals surface area (Å²) in [5.41, 5.74) is 8.48. The van der Waals surface area contributed by atoms with E-state index in [9.17, 15) is 4.39 Å². The molecule has 3 rings (SSSR count). The summed E-state index contributed by atoms with van der Waals surface area (Å²) in [7, 11) is 0. The summed E-state index contributed by atoms with van der Waals surface area (Å²) in [6, 6.07) is 8.41. The van der Waals surface area contributed by atoms with E-state index in [0.29, 0.717) is 17.1 Å². The summed E-state index contributed by atoms with van der Waals surface area (Å²) in [6.07, 6.45) is 1.63. The number of nitrogens with two attached hydrogens (primary N) is 1. The average Bonchev–Trinajstić information content (AvgIpc) is 2.98. The quantitative estimate of drug-likeness (QED) is 0.767. The normalized spacial score (nSPS) is 10.7. The number of hydrogen-bond acceptors (Lipinski definition) is 3. The number of nitrogen functional groups attached to an aromatic ring is 1. The van der Waals surface area contributed by atoms with E-state index >= 15 is 0 Å². The summed E-state index contributed by atoms with van der Waals surface area (Å²) >= 11 is 1.57. The smallest absolute Gasteiger partial charge is 0.148 e. The Kier molecular flexibility index (Phi) is 2.60. The van der Waals surface area contributed by atoms with Crippen molar-refractivity contribution in [2.75, 3.05) is 5.73 Å². The number of rotatable bonds is 2. The standard InChI is InChI=1S/C13H10FN3S/c14-10-3-1-2-4-12(10)17-7-11(15)13(16-17)9-5-6-18-8-9/h1-8H,15H2. The average molecular weight is 259 g/mol. The Labute approximate surface area is 107 Å². The van der Waals surface area contributed by atoms with Gasteiger partial charge in [0, 0.05) is 10.9 Å². The Bertz CT molecular complexity index is 673. The van der Waals surface area contributed by atoms with Gasteiger partial charge >= 0.3 is 0 Å². The molecule has 5 heteroatoms. The molecule has 0 fully saturated rings. The van der Waals surface area contributed by atoms with Crippen LogP contribution in [0.5, 0.6) is 0 Å². The highest BCUT2D eigenvalue weighted by Crippen LogP contribution is 2.27. The fraction of sp³-hybridized carbons (Fsp3) is 0. The van der Waals surface area contributed by atoms with Gasteiger partial charge in [-0.1, -0.05) is 12.1 Å². The van der Waals surface area contributed by atoms with Crippen LogP contribution in [0.15, 0.2) is 47.3 Å². The van der Waals surface area contributed by atoms with E-state index < -0.39 is 0 Å². The summed E-state index contributed by atoms with van der Waals surface area (Å²) in [5.74, 6) is -0.322. The second-order valence-electron chi connectivity index (χ2n) is 3.84. The zero-order valence-corrected chi connectivity index (χ0v) is 10.2. The number of para-hydroxylation sites is 1. The van der Waals surface area contributed by atoms with Crippen LogP contribution in [0, 0.1) is 5.82 Å². The number of aromatic nitrogens is 2. The Hall–Kier alpha value is -2.14. The van der Waals surface area contributed by atoms with Crippen LogP contribution in [-0.4, -0.2) is 9.78 Å². The fourth-order valence-electron chi connectivity index (χ4n) is 1.77. The van der Waals surface area contributed by atoms with Crippen LogP contribution in [-0.2, 0) is 0 Å². The summed E-state index contributed by atoms with van der Waals surface area (Å²) in [5, 5.41) is 8.26. The van der Waals surface area contributed by atoms with E-state index in [2.05, 4.69) is 5.10 Å². The van der Waals surface area contributed by atoms with Crippen molar-refractivity contribution in [3.05, 3.63) is 53.1 Å². The summed E-state index contributed by atoms with van der Waals surface area (Å²) < 4.78 is 15.1. The molecular formula is C13H10FN3S. The van der Waals surface area contributed by atoms with E-state index in [0.717, 1.165) is 5.56 Å². The van der Waals surface area contributed by atoms with Crippen molar-refractivity contribution in [2.24, 2.45) is 0 Å². The lowest BCUT2D eigenvalue weighted by Crippen LogP contribution is -1.97. The van der Waals surface area contributed by atoms with Crippen LogP contribution in [0.1, 0.15) is 0 Å². The largest absolute Gasteiger partial charge is 0.396 e. The van der Waals surface area contributed by atoms with E-state index in [4.69, 9.17) is 5.73 Å². The molecule has 2 N–H and O–H groups in total. The Morgan fingerprint density at radius 1 is 1.22 bits per heavy atom. The van der Waals surface area contributed by atoms with Gasteiger partial charge in [0.2, 0.25) is 0 Å². The Morgan fingerprint density at radius 2 is 2.06 bits per heavy atom. The third-order valence-corrected chi connectivity index (χ3v) is 3.32. The zero-order chi connectivity index (χ0) is 12.5. The first-order chi connectivity index (χ1) is 8.75. The van der Waals surface area contributed by atoms with E-state index in [1.807, 2.05) is 16.8 Å². The molecule has 0 aliphatic rings. The van der Waals surface area contributed by atoms with Crippen LogP contribution < -0.4 is 5.73 Å². The maximum absolute atomic E-state index is 13.7. The van der Waals surface area contributed by atoms with Gasteiger partial charge in [-0.15, -0.1) is 0 Å². The molecule has 1 aromatic carbocycles. The molecule has 2 heterocycles. The first kappa shape index (κ1) is 11.0. The monoisotopic (exact) mass is 259 g/mol. The number of nitrogens with zero attached hydrogens (tertiary/aromatic N) is 2. The van der Waals surface area contributed by atoms with Crippen LogP contribution in [0.25, 0.3) is 16.9 Å². The van der Waals surface area contributed by atoms with Gasteiger partial charge in [-0.3, -0.25) is 0 Å². The number of thiophene rings is 1. The zero-order valence-electron chi connectivity index (χ0n) is 9.38. The van der Waals surface area contributed by atoms with Gasteiger partial charge in [-0.25, -0.2) is 9.07 Å². The van der Waals surface area contributed by atoms with E-state index in [1.165, 1.54) is 10.7 Å². The first-order valence-corrected chi connectivity index (χ1v) is 6.32. The van der Waals surface area contributed by atoms with Crippen molar-refractivity contribution in [1.82, 2.24) is 9.78 Å². The highest BCUT2D eigenvalue weighted by Gasteiger charge is 2.11. The molecule has 0 atom stereocenters. The van der Waals surface area contributed by atoms with Crippen molar-refractivity contribution in [1.29, 1.82) is 0 Å². The first-order valence-electron chi connectivity index (χ1n) is 5.38. The number of halogens is 1. The van der Waals surface area contributed by atoms with Crippen LogP contribution >= 0.6 is 11.3 Å². The molecule has 0 bridgehead atoms. The van der Waals surface area contributed by atoms with Gasteiger partial charge in [0.05, 0.1) is 11.9 Å². The topological polar surface area (TPSA) is 43.8 Å². The summed E-state index contributed by atoms with van der Waals surface area (Å²) in [6.45, 7) is 0. The molecule has 90 valence electrons. The number of hydrogen-bond donors (Lipinski definition) is 1. The SMILES string of the molecule is Nc1cn(-c2ccccc2F)nc1-c1ccsc1. The second-order valence-corrected chi connectivity index (χ2v) is 4.62. The molecule has 0 unspecified atom stereocenters. The summed E-state index contributed by atoms with van der Waals surface area (Å²) in [4.78, 5) is 0. The van der Waals surface area contributed by atoms with Gasteiger partial charge < -0.3 is 5.73 Å². The molecule has 18 heavy (non-hydrogen) atoms. The molecule has 2 aromatic heterocycles. The molecule has 0 amide bonds. The molecule has 3 nitrogen and oxygen atoms in total. The van der Waals surface area contributed by atoms with Crippen molar-refractivity contribution in [2.45, 2.75) is 0 Å². The maximum Gasteiger partial charge on any atom is 0.148 e. The van der Waals surface area contributed by atoms with Crippen LogP contribution in [0.4, 0.5) is 10.1 Å². The molecule has 0 saturated heterocycles. The lowest BCUT2D eigenvalue weighted by Gasteiger charge is -2.01. The lowest BCUT2D eigenvalue weighted by molar-refractivity contribution is 0.611. The van der Waals surface area contributed by atoms with Gasteiger partial charge in [-0.05, 0) is 23.6 Å². The molecule has 0 radical (unpaired) electrons. The second kappa shape index (κ2) is 4.27. The van der Waals surface area contributed by atoms with E-state index in [-0.39, 0.29) is 5.82 Å². The number of benzene rings is 1. The minimum absolute atomic E-state index is 0.322. The predicted molar refractivity (Wildman–Crippen MR) is 71.2 cm³/mol. The third-order valence-electron chi connectivity index (χ3n) is 2.64. The molecule has 3 aromatic rings. The highest BCUT2D eigenvalue weighted by molar-refractivity contribution is 7.08. The molecule has 0 saturated carbocycles. The molecule has 0 aliphatic carbocycles. The number of anilines is 1. The van der Waals surface area contributed by atoms with Crippen LogP contribution in [0.2, 0.25) is 0 Å². The Morgan fingerprint density at radius 3 is 2.78 bits per heavy atom. The van der Waals surface area contributed by atoms with Gasteiger partial charge in [-0.2, -0.15) is 16.4 Å². The van der Waals surface area contributed by atoms with Gasteiger partial charge in [0.25, 0.3) is 0 Å². The van der Waals surface area contributed by atoms with Crippen molar-refractivity contribution in [3.63, 3.8) is 0 Å². The highest BCUT2D eigenvalue weighted by atomic mass is 32.1. The van der Waals surface area contributed by atoms with Crippen molar-refractivity contribution < 1.29 is 4.39 Å². The molecule has 0 spiro atoms. The van der Waals surface area contributed by atoms with Crippen molar-refractivity contribution in [3.8, 4) is 16.9 Å². The third kappa shape index (κ3) is 1.78. The lowest BCUT2D eigenvalue weighted by atomic mass is 10.2. The minimum atomic E-state index is -0.322. The fourth-order valence-corrected chi connectivity index (χ4v) is 2.41.